The molecule has 2 atom stereocenters. The predicted molar refractivity (Wildman–Crippen MR) is 124 cm³/mol. The number of allylic oxidation sites excluding steroid dienone is 3. The molecule has 0 saturated carbocycles. The van der Waals surface area contributed by atoms with Crippen molar-refractivity contribution in [2.45, 2.75) is 59.5 Å². The van der Waals surface area contributed by atoms with Crippen molar-refractivity contribution >= 4 is 17.8 Å². The van der Waals surface area contributed by atoms with Crippen molar-refractivity contribution in [3.63, 3.8) is 0 Å². The Hall–Kier alpha value is -3.13. The monoisotopic (exact) mass is 458 g/mol. The minimum atomic E-state index is -1.25. The van der Waals surface area contributed by atoms with Gasteiger partial charge < -0.3 is 20.3 Å². The Morgan fingerprint density at radius 1 is 1.15 bits per heavy atom. The van der Waals surface area contributed by atoms with Crippen LogP contribution in [-0.2, 0) is 23.9 Å². The van der Waals surface area contributed by atoms with Crippen LogP contribution in [0.25, 0.3) is 0 Å². The molecular formula is C25H34N2O6. The largest absolute Gasteiger partial charge is 0.508 e. The van der Waals surface area contributed by atoms with Gasteiger partial charge in [-0.1, -0.05) is 18.2 Å². The highest BCUT2D eigenvalue weighted by Gasteiger charge is 2.43. The molecule has 1 aliphatic heterocycles. The van der Waals surface area contributed by atoms with E-state index in [0.717, 1.165) is 0 Å². The van der Waals surface area contributed by atoms with E-state index in [1.807, 2.05) is 0 Å². The quantitative estimate of drug-likeness (QED) is 0.627. The number of phenols is 1. The summed E-state index contributed by atoms with van der Waals surface area (Å²) in [6, 6.07) is 6.57. The Kier molecular flexibility index (Phi) is 7.75. The lowest BCUT2D eigenvalue weighted by Gasteiger charge is -2.38. The van der Waals surface area contributed by atoms with Crippen molar-refractivity contribution in [2.24, 2.45) is 11.1 Å². The molecule has 3 N–H and O–H groups in total. The fraction of sp³-hybridized carbons (Fsp3) is 0.480. The number of rotatable bonds is 6. The number of hydrogen-bond donors (Lipinski definition) is 2. The molecular weight excluding hydrogens is 424 g/mol. The SMILES string of the molecule is COC(=O)C1=C(C)N(C(=O)C(C)(CN)CC(=O)OC(C)(C)C)C(C)=CC1c1cccc(O)c1. The third kappa shape index (κ3) is 5.82. The second-order valence-corrected chi connectivity index (χ2v) is 9.54. The molecule has 0 radical (unpaired) electrons. The van der Waals surface area contributed by atoms with E-state index in [9.17, 15) is 19.5 Å². The zero-order valence-corrected chi connectivity index (χ0v) is 20.4. The Balaban J connectivity index is 2.51. The summed E-state index contributed by atoms with van der Waals surface area (Å²) in [6.45, 7) is 10.2. The Labute approximate surface area is 195 Å². The number of amides is 1. The summed E-state index contributed by atoms with van der Waals surface area (Å²) < 4.78 is 10.4. The van der Waals surface area contributed by atoms with Gasteiger partial charge in [-0.3, -0.25) is 14.5 Å². The number of nitrogens with two attached hydrogens (primary N) is 1. The van der Waals surface area contributed by atoms with Crippen molar-refractivity contribution < 1.29 is 29.0 Å². The van der Waals surface area contributed by atoms with Gasteiger partial charge in [0.25, 0.3) is 0 Å². The number of benzene rings is 1. The van der Waals surface area contributed by atoms with Crippen molar-refractivity contribution in [1.29, 1.82) is 0 Å². The minimum absolute atomic E-state index is 0.0620. The molecule has 0 aliphatic carbocycles. The van der Waals surface area contributed by atoms with Crippen LogP contribution in [0, 0.1) is 5.41 Å². The number of phenolic OH excluding ortho intramolecular Hbond substituents is 1. The minimum Gasteiger partial charge on any atom is -0.508 e. The lowest BCUT2D eigenvalue weighted by molar-refractivity contribution is -0.160. The van der Waals surface area contributed by atoms with Crippen molar-refractivity contribution in [1.82, 2.24) is 4.90 Å². The Morgan fingerprint density at radius 2 is 1.79 bits per heavy atom. The maximum absolute atomic E-state index is 13.7. The molecule has 1 aromatic carbocycles. The standard InChI is InChI=1S/C25H34N2O6/c1-15-11-19(17-9-8-10-18(28)12-17)21(22(30)32-7)16(2)27(15)23(31)25(6,14-26)13-20(29)33-24(3,4)5/h8-12,19,28H,13-14,26H2,1-7H3. The van der Waals surface area contributed by atoms with E-state index in [-0.39, 0.29) is 24.3 Å². The van der Waals surface area contributed by atoms with Crippen LogP contribution in [-0.4, -0.2) is 47.1 Å². The molecule has 1 aromatic rings. The van der Waals surface area contributed by atoms with Crippen LogP contribution in [0.4, 0.5) is 0 Å². The molecule has 8 heteroatoms. The van der Waals surface area contributed by atoms with Crippen molar-refractivity contribution in [2.75, 3.05) is 13.7 Å². The molecule has 0 spiro atoms. The molecule has 8 nitrogen and oxygen atoms in total. The zero-order valence-electron chi connectivity index (χ0n) is 20.4. The first-order valence-corrected chi connectivity index (χ1v) is 10.8. The first kappa shape index (κ1) is 26.1. The molecule has 33 heavy (non-hydrogen) atoms. The first-order valence-electron chi connectivity index (χ1n) is 10.8. The molecule has 0 aromatic heterocycles. The number of aromatic hydroxyl groups is 1. The summed E-state index contributed by atoms with van der Waals surface area (Å²) in [4.78, 5) is 40.4. The van der Waals surface area contributed by atoms with Gasteiger partial charge in [-0.15, -0.1) is 0 Å². The molecule has 1 heterocycles. The number of ether oxygens (including phenoxy) is 2. The van der Waals surface area contributed by atoms with Crippen molar-refractivity contribution in [3.8, 4) is 5.75 Å². The number of methoxy groups -OCH3 is 1. The van der Waals surface area contributed by atoms with E-state index in [1.54, 1.807) is 65.8 Å². The molecule has 1 aliphatic rings. The van der Waals surface area contributed by atoms with Gasteiger partial charge in [0.15, 0.2) is 0 Å². The third-order valence-corrected chi connectivity index (χ3v) is 5.56. The second kappa shape index (κ2) is 9.79. The summed E-state index contributed by atoms with van der Waals surface area (Å²) in [5, 5.41) is 9.93. The van der Waals surface area contributed by atoms with E-state index >= 15 is 0 Å². The van der Waals surface area contributed by atoms with Crippen LogP contribution in [0.2, 0.25) is 0 Å². The van der Waals surface area contributed by atoms with Crippen LogP contribution in [0.1, 0.15) is 59.4 Å². The predicted octanol–water partition coefficient (Wildman–Crippen LogP) is 3.37. The van der Waals surface area contributed by atoms with E-state index in [4.69, 9.17) is 15.2 Å². The Morgan fingerprint density at radius 3 is 2.30 bits per heavy atom. The number of esters is 2. The van der Waals surface area contributed by atoms with Gasteiger partial charge in [0.05, 0.1) is 24.5 Å². The van der Waals surface area contributed by atoms with Crippen LogP contribution in [0.15, 0.2) is 47.3 Å². The topological polar surface area (TPSA) is 119 Å². The lowest BCUT2D eigenvalue weighted by Crippen LogP contribution is -2.48. The highest BCUT2D eigenvalue weighted by Crippen LogP contribution is 2.40. The number of hydrogen-bond acceptors (Lipinski definition) is 7. The van der Waals surface area contributed by atoms with Gasteiger partial charge in [-0.05, 0) is 59.2 Å². The van der Waals surface area contributed by atoms with E-state index in [1.165, 1.54) is 18.1 Å². The maximum Gasteiger partial charge on any atom is 0.336 e. The van der Waals surface area contributed by atoms with Gasteiger partial charge in [0.2, 0.25) is 5.91 Å². The van der Waals surface area contributed by atoms with Crippen LogP contribution < -0.4 is 5.73 Å². The van der Waals surface area contributed by atoms with Crippen LogP contribution in [0.5, 0.6) is 5.75 Å². The molecule has 0 bridgehead atoms. The van der Waals surface area contributed by atoms with Gasteiger partial charge in [-0.2, -0.15) is 0 Å². The van der Waals surface area contributed by atoms with Crippen LogP contribution in [0.3, 0.4) is 0 Å². The summed E-state index contributed by atoms with van der Waals surface area (Å²) >= 11 is 0. The second-order valence-electron chi connectivity index (χ2n) is 9.54. The third-order valence-electron chi connectivity index (χ3n) is 5.56. The molecule has 2 rings (SSSR count). The van der Waals surface area contributed by atoms with E-state index < -0.39 is 34.8 Å². The number of carbonyl (C=O) groups excluding carboxylic acids is 3. The smallest absolute Gasteiger partial charge is 0.336 e. The fourth-order valence-electron chi connectivity index (χ4n) is 3.89. The summed E-state index contributed by atoms with van der Waals surface area (Å²) in [6.07, 6.45) is 1.55. The van der Waals surface area contributed by atoms with E-state index in [2.05, 4.69) is 0 Å². The highest BCUT2D eigenvalue weighted by atomic mass is 16.6. The summed E-state index contributed by atoms with van der Waals surface area (Å²) in [7, 11) is 1.27. The van der Waals surface area contributed by atoms with Gasteiger partial charge in [0, 0.05) is 23.9 Å². The summed E-state index contributed by atoms with van der Waals surface area (Å²) in [5.74, 6) is -2.01. The highest BCUT2D eigenvalue weighted by molar-refractivity contribution is 5.96. The first-order chi connectivity index (χ1) is 15.2. The summed E-state index contributed by atoms with van der Waals surface area (Å²) in [5.41, 5.74) is 5.91. The average molecular weight is 459 g/mol. The van der Waals surface area contributed by atoms with E-state index in [0.29, 0.717) is 17.0 Å². The Bertz CT molecular complexity index is 1000. The zero-order chi connectivity index (χ0) is 25.1. The number of carbonyl (C=O) groups is 3. The lowest BCUT2D eigenvalue weighted by atomic mass is 9.82. The molecule has 0 fully saturated rings. The maximum atomic E-state index is 13.7. The molecule has 0 saturated heterocycles. The fourth-order valence-corrected chi connectivity index (χ4v) is 3.89. The average Bonchev–Trinajstić information content (AvgIpc) is 2.71. The van der Waals surface area contributed by atoms with Gasteiger partial charge in [-0.25, -0.2) is 4.79 Å². The van der Waals surface area contributed by atoms with Gasteiger partial charge in [0.1, 0.15) is 11.4 Å². The normalized spacial score (nSPS) is 18.4. The van der Waals surface area contributed by atoms with Crippen LogP contribution >= 0.6 is 0 Å². The molecule has 180 valence electrons. The molecule has 1 amide bonds. The van der Waals surface area contributed by atoms with Gasteiger partial charge >= 0.3 is 11.9 Å². The van der Waals surface area contributed by atoms with Crippen molar-refractivity contribution in [3.05, 3.63) is 52.9 Å². The number of nitrogens with zero attached hydrogens (tertiary/aromatic N) is 1. The molecule has 2 unspecified atom stereocenters.